The quantitative estimate of drug-likeness (QED) is 0.127. The summed E-state index contributed by atoms with van der Waals surface area (Å²) >= 11 is 1.85. The zero-order chi connectivity index (χ0) is 36.7. The van der Waals surface area contributed by atoms with Gasteiger partial charge >= 0.3 is 0 Å². The van der Waals surface area contributed by atoms with Crippen molar-refractivity contribution in [2.75, 3.05) is 0 Å². The maximum Gasteiger partial charge on any atom is 0.0799 e. The van der Waals surface area contributed by atoms with Crippen LogP contribution in [0.15, 0.2) is 97.3 Å². The fraction of sp³-hybridized carbons (Fsp3) is 0.277. The third kappa shape index (κ3) is 8.40. The number of benzene rings is 4. The van der Waals surface area contributed by atoms with E-state index in [9.17, 15) is 0 Å². The molecular weight excluding hydrogens is 845 g/mol. The summed E-state index contributed by atoms with van der Waals surface area (Å²) in [5.74, 6) is 0.534. The van der Waals surface area contributed by atoms with Gasteiger partial charge in [0.15, 0.2) is 0 Å². The molecule has 5 heteroatoms. The molecule has 0 N–H and O–H groups in total. The molecule has 0 unspecified atom stereocenters. The van der Waals surface area contributed by atoms with E-state index in [4.69, 9.17) is 4.98 Å². The summed E-state index contributed by atoms with van der Waals surface area (Å²) < 4.78 is 2.57. The molecule has 3 heterocycles. The zero-order valence-corrected chi connectivity index (χ0v) is 36.7. The Balaban J connectivity index is 0.000000225. The Hall–Kier alpha value is -3.73. The van der Waals surface area contributed by atoms with Gasteiger partial charge in [0.05, 0.1) is 8.07 Å². The number of pyridine rings is 2. The fourth-order valence-electron chi connectivity index (χ4n) is 7.03. The summed E-state index contributed by atoms with van der Waals surface area (Å²) in [6.07, 6.45) is 4.02. The molecule has 0 fully saturated rings. The predicted octanol–water partition coefficient (Wildman–Crippen LogP) is 13.0. The normalized spacial score (nSPS) is 11.8. The average Bonchev–Trinajstić information content (AvgIpc) is 3.46. The minimum atomic E-state index is -1.34. The Labute approximate surface area is 330 Å². The molecule has 0 saturated heterocycles. The fourth-order valence-corrected chi connectivity index (χ4v) is 9.96. The zero-order valence-electron chi connectivity index (χ0n) is 32.5. The van der Waals surface area contributed by atoms with Gasteiger partial charge in [0.25, 0.3) is 0 Å². The molecule has 0 atom stereocenters. The molecular formula is C47H50IrN2SSi-2. The summed E-state index contributed by atoms with van der Waals surface area (Å²) in [5, 5.41) is 4.06. The molecule has 7 aromatic rings. The van der Waals surface area contributed by atoms with Crippen LogP contribution < -0.4 is 5.19 Å². The monoisotopic (exact) mass is 895 g/mol. The molecule has 0 aliphatic rings. The molecule has 0 aliphatic heterocycles. The van der Waals surface area contributed by atoms with Crippen LogP contribution >= 0.6 is 11.3 Å². The molecule has 3 aromatic heterocycles. The molecule has 4 aromatic carbocycles. The van der Waals surface area contributed by atoms with E-state index < -0.39 is 8.07 Å². The van der Waals surface area contributed by atoms with Crippen molar-refractivity contribution in [1.29, 1.82) is 0 Å². The van der Waals surface area contributed by atoms with Gasteiger partial charge in [-0.2, -0.15) is 11.3 Å². The van der Waals surface area contributed by atoms with Crippen molar-refractivity contribution in [3.05, 3.63) is 137 Å². The van der Waals surface area contributed by atoms with E-state index in [2.05, 4.69) is 159 Å². The molecule has 52 heavy (non-hydrogen) atoms. The Morgan fingerprint density at radius 1 is 0.750 bits per heavy atom. The van der Waals surface area contributed by atoms with Crippen LogP contribution in [0.4, 0.5) is 0 Å². The first-order valence-corrected chi connectivity index (χ1v) is 22.3. The van der Waals surface area contributed by atoms with Gasteiger partial charge in [-0.25, -0.2) is 0 Å². The van der Waals surface area contributed by atoms with Crippen molar-refractivity contribution < 1.29 is 20.1 Å². The maximum absolute atomic E-state index is 4.72. The van der Waals surface area contributed by atoms with Crippen molar-refractivity contribution in [1.82, 2.24) is 9.97 Å². The van der Waals surface area contributed by atoms with Crippen LogP contribution in [0, 0.1) is 32.9 Å². The Bertz CT molecular complexity index is 2320. The van der Waals surface area contributed by atoms with Gasteiger partial charge in [0.1, 0.15) is 0 Å². The van der Waals surface area contributed by atoms with Crippen LogP contribution in [0.1, 0.15) is 68.4 Å². The Morgan fingerprint density at radius 2 is 1.48 bits per heavy atom. The smallest absolute Gasteiger partial charge is 0.0799 e. The number of nitrogens with zero attached hydrogens (tertiary/aromatic N) is 2. The predicted molar refractivity (Wildman–Crippen MR) is 225 cm³/mol. The maximum atomic E-state index is 4.72. The number of rotatable bonds is 5. The van der Waals surface area contributed by atoms with Crippen LogP contribution in [0.5, 0.6) is 0 Å². The number of fused-ring (bicyclic) bond motifs is 3. The first-order chi connectivity index (χ1) is 24.1. The molecule has 0 amide bonds. The van der Waals surface area contributed by atoms with Gasteiger partial charge in [-0.1, -0.05) is 107 Å². The van der Waals surface area contributed by atoms with E-state index in [1.54, 1.807) is 0 Å². The van der Waals surface area contributed by atoms with E-state index in [1.165, 1.54) is 64.3 Å². The second-order valence-electron chi connectivity index (χ2n) is 16.2. The van der Waals surface area contributed by atoms with Gasteiger partial charge in [0.2, 0.25) is 0 Å². The molecule has 0 bridgehead atoms. The average molecular weight is 895 g/mol. The molecule has 7 rings (SSSR count). The first kappa shape index (κ1) is 39.5. The SMILES string of the molecule is CC(C)c1cc(-c2[c-]cccc2)ncc1[Si](C)(C)C.Cc1cc(C)c(-c2ccc3c(c2)sc2c(-c4cc(C(C)(C)C)ccn4)[c-]ccc23)c(C)c1.[Ir]. The van der Waals surface area contributed by atoms with Gasteiger partial charge in [-0.05, 0) is 98.7 Å². The second kappa shape index (κ2) is 15.7. The summed E-state index contributed by atoms with van der Waals surface area (Å²) in [6.45, 7) is 25.0. The van der Waals surface area contributed by atoms with Crippen molar-refractivity contribution in [3.63, 3.8) is 0 Å². The summed E-state index contributed by atoms with van der Waals surface area (Å²) in [7, 11) is -1.34. The number of aryl methyl sites for hydroxylation is 3. The van der Waals surface area contributed by atoms with Crippen LogP contribution in [0.25, 0.3) is 53.8 Å². The third-order valence-corrected chi connectivity index (χ3v) is 12.9. The van der Waals surface area contributed by atoms with Crippen LogP contribution in [-0.4, -0.2) is 18.0 Å². The van der Waals surface area contributed by atoms with Crippen molar-refractivity contribution >= 4 is 44.8 Å². The number of hydrogen-bond acceptors (Lipinski definition) is 3. The topological polar surface area (TPSA) is 25.8 Å². The van der Waals surface area contributed by atoms with Gasteiger partial charge in [0, 0.05) is 37.2 Å². The Kier molecular flexibility index (Phi) is 11.9. The molecule has 1 radical (unpaired) electrons. The van der Waals surface area contributed by atoms with Crippen molar-refractivity contribution in [2.24, 2.45) is 0 Å². The van der Waals surface area contributed by atoms with Crippen molar-refractivity contribution in [3.8, 4) is 33.6 Å². The van der Waals surface area contributed by atoms with Crippen LogP contribution in [0.3, 0.4) is 0 Å². The third-order valence-electron chi connectivity index (χ3n) is 9.63. The van der Waals surface area contributed by atoms with Gasteiger partial charge < -0.3 is 9.97 Å². The van der Waals surface area contributed by atoms with E-state index in [0.717, 1.165) is 22.5 Å². The van der Waals surface area contributed by atoms with Crippen LogP contribution in [0.2, 0.25) is 19.6 Å². The van der Waals surface area contributed by atoms with E-state index in [-0.39, 0.29) is 25.5 Å². The number of thiophene rings is 1. The standard InChI is InChI=1S/C30H28NS.C17H22NSi.Ir/c1-18-14-19(2)28(20(3)15-18)21-10-11-23-24-8-7-9-25(29(24)32-27(23)16-21)26-17-22(12-13-31-26)30(4,5)6;1-13(2)15-11-16(14-9-7-6-8-10-14)18-12-17(15)19(3,4)5;/h7-8,10-17H,1-6H3;6-9,11-13H,1-5H3;/q2*-1;. The molecule has 0 aliphatic carbocycles. The van der Waals surface area contributed by atoms with Crippen LogP contribution in [-0.2, 0) is 25.5 Å². The Morgan fingerprint density at radius 3 is 2.12 bits per heavy atom. The van der Waals surface area contributed by atoms with E-state index >= 15 is 0 Å². The summed E-state index contributed by atoms with van der Waals surface area (Å²) in [6, 6.07) is 37.1. The minimum absolute atomic E-state index is 0. The largest absolute Gasteiger partial charge is 0.305 e. The molecule has 0 spiro atoms. The second-order valence-corrected chi connectivity index (χ2v) is 22.3. The first-order valence-electron chi connectivity index (χ1n) is 18.0. The molecule has 269 valence electrons. The van der Waals surface area contributed by atoms with Crippen molar-refractivity contribution in [2.45, 2.75) is 86.4 Å². The van der Waals surface area contributed by atoms with Gasteiger partial charge in [-0.15, -0.1) is 59.7 Å². The number of aromatic nitrogens is 2. The van der Waals surface area contributed by atoms with Gasteiger partial charge in [-0.3, -0.25) is 0 Å². The molecule has 0 saturated carbocycles. The summed E-state index contributed by atoms with van der Waals surface area (Å²) in [5.41, 5.74) is 13.7. The number of hydrogen-bond donors (Lipinski definition) is 0. The van der Waals surface area contributed by atoms with E-state index in [0.29, 0.717) is 5.92 Å². The molecule has 2 nitrogen and oxygen atoms in total. The van der Waals surface area contributed by atoms with E-state index in [1.807, 2.05) is 41.8 Å². The summed E-state index contributed by atoms with van der Waals surface area (Å²) in [4.78, 5) is 9.38. The minimum Gasteiger partial charge on any atom is -0.305 e.